The van der Waals surface area contributed by atoms with Crippen LogP contribution in [0.1, 0.15) is 11.1 Å². The molecule has 0 heterocycles. The molecule has 0 aliphatic rings. The monoisotopic (exact) mass is 208 g/mol. The van der Waals surface area contributed by atoms with E-state index in [1.807, 2.05) is 54.6 Å². The number of methoxy groups -OCH3 is 1. The number of ether oxygens (including phenoxy) is 1. The maximum absolute atomic E-state index is 8.06. The highest BCUT2D eigenvalue weighted by Crippen LogP contribution is 2.22. The van der Waals surface area contributed by atoms with Gasteiger partial charge in [0.15, 0.2) is 0 Å². The molecule has 0 saturated heterocycles. The standard InChI is InChI=1S/C15H12O/c1-12(13-6-4-3-5-7-13)14-8-10-15(16-2)11-9-14/h3-11H,2H3. The summed E-state index contributed by atoms with van der Waals surface area (Å²) < 4.78 is 5.08. The molecule has 0 bridgehead atoms. The minimum atomic E-state index is 0.531. The molecule has 0 amide bonds. The van der Waals surface area contributed by atoms with Gasteiger partial charge < -0.3 is 4.74 Å². The minimum absolute atomic E-state index is 0.531. The first-order valence-corrected chi connectivity index (χ1v) is 5.09. The van der Waals surface area contributed by atoms with Gasteiger partial charge in [-0.25, -0.2) is 0 Å². The molecule has 0 unspecified atom stereocenters. The van der Waals surface area contributed by atoms with E-state index in [9.17, 15) is 0 Å². The van der Waals surface area contributed by atoms with E-state index < -0.39 is 0 Å². The molecule has 16 heavy (non-hydrogen) atoms. The van der Waals surface area contributed by atoms with E-state index in [1.54, 1.807) is 7.11 Å². The van der Waals surface area contributed by atoms with Gasteiger partial charge in [-0.1, -0.05) is 42.5 Å². The van der Waals surface area contributed by atoms with Crippen molar-refractivity contribution in [3.63, 3.8) is 0 Å². The van der Waals surface area contributed by atoms with Gasteiger partial charge in [-0.15, -0.1) is 0 Å². The van der Waals surface area contributed by atoms with Crippen LogP contribution >= 0.6 is 0 Å². The molecule has 0 aliphatic heterocycles. The topological polar surface area (TPSA) is 9.23 Å². The molecule has 0 saturated carbocycles. The van der Waals surface area contributed by atoms with Crippen molar-refractivity contribution in [2.75, 3.05) is 7.11 Å². The fraction of sp³-hybridized carbons (Fsp3) is 0.0667. The Morgan fingerprint density at radius 2 is 1.44 bits per heavy atom. The molecule has 2 rings (SSSR count). The van der Waals surface area contributed by atoms with Gasteiger partial charge in [-0.2, -0.15) is 0 Å². The van der Waals surface area contributed by atoms with Crippen LogP contribution in [0.5, 0.6) is 5.75 Å². The quantitative estimate of drug-likeness (QED) is 0.750. The van der Waals surface area contributed by atoms with Crippen molar-refractivity contribution in [3.8, 4) is 5.75 Å². The van der Waals surface area contributed by atoms with E-state index in [4.69, 9.17) is 11.3 Å². The summed E-state index contributed by atoms with van der Waals surface area (Å²) in [7, 11) is 1.64. The molecular formula is C15H12O. The summed E-state index contributed by atoms with van der Waals surface area (Å²) in [4.78, 5) is 0. The lowest BCUT2D eigenvalue weighted by Crippen LogP contribution is -1.87. The summed E-state index contributed by atoms with van der Waals surface area (Å²) in [5.74, 6) is 0.810. The van der Waals surface area contributed by atoms with Gasteiger partial charge in [0.1, 0.15) is 5.75 Å². The number of rotatable bonds is 3. The highest BCUT2D eigenvalue weighted by molar-refractivity contribution is 5.77. The zero-order valence-electron chi connectivity index (χ0n) is 9.10. The van der Waals surface area contributed by atoms with Crippen molar-refractivity contribution < 1.29 is 4.74 Å². The van der Waals surface area contributed by atoms with Gasteiger partial charge in [-0.3, -0.25) is 0 Å². The second kappa shape index (κ2) is 4.67. The van der Waals surface area contributed by atoms with Crippen LogP contribution in [0, 0.1) is 6.58 Å². The van der Waals surface area contributed by atoms with Crippen LogP contribution in [0.15, 0.2) is 54.6 Å². The predicted molar refractivity (Wildman–Crippen MR) is 65.2 cm³/mol. The lowest BCUT2D eigenvalue weighted by molar-refractivity contribution is 0.415. The Bertz CT molecular complexity index is 469. The van der Waals surface area contributed by atoms with E-state index in [0.717, 1.165) is 16.9 Å². The normalized spacial score (nSPS) is 9.81. The molecule has 1 heteroatoms. The smallest absolute Gasteiger partial charge is 0.118 e. The van der Waals surface area contributed by atoms with E-state index in [-0.39, 0.29) is 0 Å². The summed E-state index contributed by atoms with van der Waals surface area (Å²) in [5, 5.41) is 0. The highest BCUT2D eigenvalue weighted by Gasteiger charge is 2.02. The molecule has 2 aromatic rings. The number of benzene rings is 2. The highest BCUT2D eigenvalue weighted by atomic mass is 16.5. The zero-order chi connectivity index (χ0) is 11.4. The first kappa shape index (κ1) is 10.5. The SMILES string of the molecule is [C]=C(c1ccccc1)c1ccc(OC)cc1. The number of hydrogen-bond donors (Lipinski definition) is 0. The third-order valence-electron chi connectivity index (χ3n) is 2.44. The molecule has 0 N–H and O–H groups in total. The van der Waals surface area contributed by atoms with Gasteiger partial charge in [0.25, 0.3) is 0 Å². The first-order valence-electron chi connectivity index (χ1n) is 5.09. The molecule has 2 aromatic carbocycles. The van der Waals surface area contributed by atoms with E-state index in [2.05, 4.69) is 0 Å². The van der Waals surface area contributed by atoms with Crippen molar-refractivity contribution in [3.05, 3.63) is 72.3 Å². The van der Waals surface area contributed by atoms with Crippen LogP contribution < -0.4 is 4.74 Å². The largest absolute Gasteiger partial charge is 0.497 e. The molecule has 0 aromatic heterocycles. The Morgan fingerprint density at radius 3 is 2.00 bits per heavy atom. The molecule has 1 nitrogen and oxygen atoms in total. The van der Waals surface area contributed by atoms with Crippen LogP contribution in [0.2, 0.25) is 0 Å². The van der Waals surface area contributed by atoms with Crippen LogP contribution in [-0.4, -0.2) is 7.11 Å². The van der Waals surface area contributed by atoms with Crippen LogP contribution in [0.3, 0.4) is 0 Å². The fourth-order valence-electron chi connectivity index (χ4n) is 1.53. The van der Waals surface area contributed by atoms with Crippen molar-refractivity contribution >= 4 is 5.57 Å². The van der Waals surface area contributed by atoms with Gasteiger partial charge >= 0.3 is 0 Å². The molecule has 0 fully saturated rings. The van der Waals surface area contributed by atoms with Crippen LogP contribution in [-0.2, 0) is 0 Å². The van der Waals surface area contributed by atoms with Gasteiger partial charge in [0.05, 0.1) is 7.11 Å². The van der Waals surface area contributed by atoms with Gasteiger partial charge in [0.2, 0.25) is 0 Å². The van der Waals surface area contributed by atoms with Crippen molar-refractivity contribution in [2.24, 2.45) is 0 Å². The summed E-state index contributed by atoms with van der Waals surface area (Å²) in [6.07, 6.45) is 0. The maximum Gasteiger partial charge on any atom is 0.118 e. The van der Waals surface area contributed by atoms with E-state index in [0.29, 0.717) is 5.57 Å². The Labute approximate surface area is 96.0 Å². The molecule has 2 radical (unpaired) electrons. The summed E-state index contributed by atoms with van der Waals surface area (Å²) >= 11 is 0. The minimum Gasteiger partial charge on any atom is -0.497 e. The van der Waals surface area contributed by atoms with Crippen molar-refractivity contribution in [1.82, 2.24) is 0 Å². The zero-order valence-corrected chi connectivity index (χ0v) is 9.10. The Hall–Kier alpha value is -2.02. The predicted octanol–water partition coefficient (Wildman–Crippen LogP) is 3.44. The molecule has 0 aliphatic carbocycles. The van der Waals surface area contributed by atoms with E-state index >= 15 is 0 Å². The average molecular weight is 208 g/mol. The Morgan fingerprint density at radius 1 is 0.875 bits per heavy atom. The average Bonchev–Trinajstić information content (AvgIpc) is 2.39. The third-order valence-corrected chi connectivity index (χ3v) is 2.44. The van der Waals surface area contributed by atoms with Gasteiger partial charge in [-0.05, 0) is 35.4 Å². The van der Waals surface area contributed by atoms with Crippen LogP contribution in [0.4, 0.5) is 0 Å². The Kier molecular flexibility index (Phi) is 3.06. The van der Waals surface area contributed by atoms with E-state index in [1.165, 1.54) is 0 Å². The first-order chi connectivity index (χ1) is 7.81. The van der Waals surface area contributed by atoms with Gasteiger partial charge in [0, 0.05) is 0 Å². The summed E-state index contributed by atoms with van der Waals surface area (Å²) in [6, 6.07) is 17.2. The third kappa shape index (κ3) is 2.14. The lowest BCUT2D eigenvalue weighted by Gasteiger charge is -2.06. The molecule has 0 atom stereocenters. The maximum atomic E-state index is 8.06. The summed E-state index contributed by atoms with van der Waals surface area (Å²) in [5.41, 5.74) is 2.35. The second-order valence-corrected chi connectivity index (χ2v) is 3.47. The molecule has 0 spiro atoms. The lowest BCUT2D eigenvalue weighted by atomic mass is 10.00. The van der Waals surface area contributed by atoms with Crippen molar-refractivity contribution in [2.45, 2.75) is 0 Å². The van der Waals surface area contributed by atoms with Crippen LogP contribution in [0.25, 0.3) is 5.57 Å². The number of hydrogen-bond acceptors (Lipinski definition) is 1. The second-order valence-electron chi connectivity index (χ2n) is 3.47. The summed E-state index contributed by atoms with van der Waals surface area (Å²) in [6.45, 7) is 8.06. The van der Waals surface area contributed by atoms with Crippen molar-refractivity contribution in [1.29, 1.82) is 0 Å². The Balaban J connectivity index is 2.28. The molecule has 78 valence electrons. The molecular weight excluding hydrogens is 196 g/mol. The fourth-order valence-corrected chi connectivity index (χ4v) is 1.53.